The predicted octanol–water partition coefficient (Wildman–Crippen LogP) is 1.60. The van der Waals surface area contributed by atoms with E-state index in [9.17, 15) is 19.7 Å². The molecule has 1 unspecified atom stereocenters. The monoisotopic (exact) mass is 371 g/mol. The van der Waals surface area contributed by atoms with Crippen molar-refractivity contribution in [2.75, 3.05) is 23.7 Å². The third kappa shape index (κ3) is 6.52. The first-order valence-corrected chi connectivity index (χ1v) is 8.61. The van der Waals surface area contributed by atoms with Crippen LogP contribution in [0, 0.1) is 10.1 Å². The Kier molecular flexibility index (Phi) is 7.01. The number of quaternary nitrogens is 1. The standard InChI is InChI=1S/C19H22N4O4/c1-3-22(12-15-4-10-18(11-5-15)23(26)27)13-19(25)21-17-8-6-16(7-9-17)20-14(2)24/h4-11H,3,12-13H2,1-2H3,(H,20,24)(H,21,25)/p+1. The number of hydrogen-bond acceptors (Lipinski definition) is 4. The second kappa shape index (κ2) is 9.44. The highest BCUT2D eigenvalue weighted by atomic mass is 16.6. The van der Waals surface area contributed by atoms with Gasteiger partial charge in [-0.25, -0.2) is 0 Å². The summed E-state index contributed by atoms with van der Waals surface area (Å²) >= 11 is 0. The van der Waals surface area contributed by atoms with Gasteiger partial charge in [-0.2, -0.15) is 0 Å². The summed E-state index contributed by atoms with van der Waals surface area (Å²) in [5.41, 5.74) is 2.31. The van der Waals surface area contributed by atoms with Crippen molar-refractivity contribution < 1.29 is 19.4 Å². The quantitative estimate of drug-likeness (QED) is 0.484. The summed E-state index contributed by atoms with van der Waals surface area (Å²) in [6.07, 6.45) is 0. The summed E-state index contributed by atoms with van der Waals surface area (Å²) in [4.78, 5) is 34.6. The molecule has 0 aliphatic rings. The van der Waals surface area contributed by atoms with Crippen LogP contribution in [0.1, 0.15) is 19.4 Å². The SMILES string of the molecule is CC[NH+](CC(=O)Nc1ccc(NC(C)=O)cc1)Cc1ccc([N+](=O)[O-])cc1. The lowest BCUT2D eigenvalue weighted by atomic mass is 10.2. The predicted molar refractivity (Wildman–Crippen MR) is 103 cm³/mol. The molecule has 0 radical (unpaired) electrons. The Morgan fingerprint density at radius 1 is 1.00 bits per heavy atom. The zero-order chi connectivity index (χ0) is 19.8. The van der Waals surface area contributed by atoms with Crippen LogP contribution in [0.3, 0.4) is 0 Å². The molecule has 0 saturated carbocycles. The number of likely N-dealkylation sites (N-methyl/N-ethyl adjacent to an activating group) is 1. The molecule has 2 rings (SSSR count). The van der Waals surface area contributed by atoms with Crippen molar-refractivity contribution in [3.8, 4) is 0 Å². The topological polar surface area (TPSA) is 106 Å². The van der Waals surface area contributed by atoms with E-state index in [0.29, 0.717) is 17.9 Å². The van der Waals surface area contributed by atoms with E-state index in [2.05, 4.69) is 10.6 Å². The van der Waals surface area contributed by atoms with Crippen LogP contribution in [-0.4, -0.2) is 29.8 Å². The molecule has 0 saturated heterocycles. The molecule has 142 valence electrons. The molecule has 0 aliphatic carbocycles. The number of carbonyl (C=O) groups excluding carboxylic acids is 2. The van der Waals surface area contributed by atoms with E-state index in [-0.39, 0.29) is 24.0 Å². The average molecular weight is 371 g/mol. The van der Waals surface area contributed by atoms with E-state index in [1.165, 1.54) is 19.1 Å². The van der Waals surface area contributed by atoms with Gasteiger partial charge < -0.3 is 15.5 Å². The number of rotatable bonds is 8. The van der Waals surface area contributed by atoms with E-state index in [0.717, 1.165) is 17.0 Å². The molecule has 2 amide bonds. The Balaban J connectivity index is 1.90. The summed E-state index contributed by atoms with van der Waals surface area (Å²) in [5.74, 6) is -0.277. The van der Waals surface area contributed by atoms with Gasteiger partial charge in [0.2, 0.25) is 5.91 Å². The lowest BCUT2D eigenvalue weighted by Crippen LogP contribution is -3.11. The summed E-state index contributed by atoms with van der Waals surface area (Å²) in [6, 6.07) is 13.3. The maximum absolute atomic E-state index is 12.3. The highest BCUT2D eigenvalue weighted by molar-refractivity contribution is 5.92. The molecule has 8 nitrogen and oxygen atoms in total. The van der Waals surface area contributed by atoms with Gasteiger partial charge in [-0.1, -0.05) is 0 Å². The number of nitrogens with one attached hydrogen (secondary N) is 3. The van der Waals surface area contributed by atoms with Crippen molar-refractivity contribution in [3.05, 3.63) is 64.2 Å². The Hall–Kier alpha value is -3.26. The van der Waals surface area contributed by atoms with Crippen LogP contribution in [0.25, 0.3) is 0 Å². The highest BCUT2D eigenvalue weighted by Crippen LogP contribution is 2.13. The van der Waals surface area contributed by atoms with Gasteiger partial charge in [-0.05, 0) is 43.3 Å². The smallest absolute Gasteiger partial charge is 0.279 e. The summed E-state index contributed by atoms with van der Waals surface area (Å²) in [6.45, 7) is 5.04. The van der Waals surface area contributed by atoms with Crippen LogP contribution in [-0.2, 0) is 16.1 Å². The van der Waals surface area contributed by atoms with Crippen LogP contribution >= 0.6 is 0 Å². The van der Waals surface area contributed by atoms with Gasteiger partial charge in [0, 0.05) is 36.0 Å². The minimum Gasteiger partial charge on any atom is -0.326 e. The first-order valence-electron chi connectivity index (χ1n) is 8.61. The molecule has 0 aromatic heterocycles. The van der Waals surface area contributed by atoms with Gasteiger partial charge in [0.15, 0.2) is 6.54 Å². The lowest BCUT2D eigenvalue weighted by molar-refractivity contribution is -0.903. The number of nitro groups is 1. The number of nitro benzene ring substituents is 1. The fourth-order valence-corrected chi connectivity index (χ4v) is 2.61. The molecular weight excluding hydrogens is 348 g/mol. The molecule has 2 aromatic rings. The van der Waals surface area contributed by atoms with E-state index in [4.69, 9.17) is 0 Å². The number of benzene rings is 2. The van der Waals surface area contributed by atoms with Crippen LogP contribution in [0.5, 0.6) is 0 Å². The highest BCUT2D eigenvalue weighted by Gasteiger charge is 2.14. The molecule has 0 heterocycles. The Morgan fingerprint density at radius 2 is 1.56 bits per heavy atom. The van der Waals surface area contributed by atoms with Gasteiger partial charge in [0.1, 0.15) is 6.54 Å². The van der Waals surface area contributed by atoms with E-state index < -0.39 is 4.92 Å². The molecule has 0 fully saturated rings. The van der Waals surface area contributed by atoms with Gasteiger partial charge >= 0.3 is 0 Å². The van der Waals surface area contributed by atoms with Crippen molar-refractivity contribution in [3.63, 3.8) is 0 Å². The molecular formula is C19H23N4O4+. The first-order chi connectivity index (χ1) is 12.9. The van der Waals surface area contributed by atoms with E-state index >= 15 is 0 Å². The molecule has 1 atom stereocenters. The Labute approximate surface area is 157 Å². The van der Waals surface area contributed by atoms with Crippen molar-refractivity contribution in [1.29, 1.82) is 0 Å². The maximum Gasteiger partial charge on any atom is 0.279 e. The van der Waals surface area contributed by atoms with Crippen molar-refractivity contribution in [1.82, 2.24) is 0 Å². The van der Waals surface area contributed by atoms with Gasteiger partial charge in [0.25, 0.3) is 11.6 Å². The fraction of sp³-hybridized carbons (Fsp3) is 0.263. The van der Waals surface area contributed by atoms with Crippen molar-refractivity contribution in [2.45, 2.75) is 20.4 Å². The number of nitrogens with zero attached hydrogens (tertiary/aromatic N) is 1. The Morgan fingerprint density at radius 3 is 2.04 bits per heavy atom. The average Bonchev–Trinajstić information content (AvgIpc) is 2.62. The zero-order valence-electron chi connectivity index (χ0n) is 15.3. The van der Waals surface area contributed by atoms with Crippen molar-refractivity contribution >= 4 is 28.9 Å². The Bertz CT molecular complexity index is 803. The number of anilines is 2. The molecule has 3 N–H and O–H groups in total. The second-order valence-electron chi connectivity index (χ2n) is 6.19. The molecule has 8 heteroatoms. The maximum atomic E-state index is 12.3. The molecule has 0 aliphatic heterocycles. The van der Waals surface area contributed by atoms with Gasteiger partial charge in [-0.3, -0.25) is 19.7 Å². The van der Waals surface area contributed by atoms with E-state index in [1.807, 2.05) is 6.92 Å². The fourth-order valence-electron chi connectivity index (χ4n) is 2.61. The van der Waals surface area contributed by atoms with Gasteiger partial charge in [-0.15, -0.1) is 0 Å². The number of non-ortho nitro benzene ring substituents is 1. The second-order valence-corrected chi connectivity index (χ2v) is 6.19. The zero-order valence-corrected chi connectivity index (χ0v) is 15.3. The summed E-state index contributed by atoms with van der Waals surface area (Å²) < 4.78 is 0. The first kappa shape index (κ1) is 20.1. The van der Waals surface area contributed by atoms with Crippen LogP contribution in [0.2, 0.25) is 0 Å². The molecule has 0 bridgehead atoms. The third-order valence-electron chi connectivity index (χ3n) is 4.00. The van der Waals surface area contributed by atoms with Crippen LogP contribution in [0.15, 0.2) is 48.5 Å². The largest absolute Gasteiger partial charge is 0.326 e. The molecule has 2 aromatic carbocycles. The normalized spacial score (nSPS) is 11.5. The minimum atomic E-state index is -0.432. The number of hydrogen-bond donors (Lipinski definition) is 3. The number of amides is 2. The summed E-state index contributed by atoms with van der Waals surface area (Å²) in [7, 11) is 0. The van der Waals surface area contributed by atoms with Crippen LogP contribution in [0.4, 0.5) is 17.1 Å². The lowest BCUT2D eigenvalue weighted by Gasteiger charge is -2.17. The molecule has 0 spiro atoms. The van der Waals surface area contributed by atoms with Crippen LogP contribution < -0.4 is 15.5 Å². The third-order valence-corrected chi connectivity index (χ3v) is 4.00. The van der Waals surface area contributed by atoms with E-state index in [1.54, 1.807) is 36.4 Å². The molecule has 27 heavy (non-hydrogen) atoms. The minimum absolute atomic E-state index is 0.0530. The summed E-state index contributed by atoms with van der Waals surface area (Å²) in [5, 5.41) is 16.2. The van der Waals surface area contributed by atoms with Gasteiger partial charge in [0.05, 0.1) is 11.5 Å². The van der Waals surface area contributed by atoms with Crippen molar-refractivity contribution in [2.24, 2.45) is 0 Å². The number of carbonyl (C=O) groups is 2.